The number of halogens is 2. The number of benzene rings is 1. The zero-order chi connectivity index (χ0) is 14.1. The van der Waals surface area contributed by atoms with Gasteiger partial charge in [0.25, 0.3) is 0 Å². The summed E-state index contributed by atoms with van der Waals surface area (Å²) in [6.07, 6.45) is 4.14. The maximum Gasteiger partial charge on any atom is 0.124 e. The van der Waals surface area contributed by atoms with Crippen molar-refractivity contribution in [3.63, 3.8) is 0 Å². The Labute approximate surface area is 131 Å². The van der Waals surface area contributed by atoms with Crippen molar-refractivity contribution in [2.24, 2.45) is 0 Å². The third-order valence-corrected chi connectivity index (χ3v) is 4.84. The number of aryl methyl sites for hydroxylation is 1. The van der Waals surface area contributed by atoms with Crippen molar-refractivity contribution in [1.82, 2.24) is 4.98 Å². The highest BCUT2D eigenvalue weighted by molar-refractivity contribution is 14.1. The van der Waals surface area contributed by atoms with E-state index >= 15 is 0 Å². The standard InChI is InChI=1S/C16H15FINO/c17-11-6-7-12(14(18)9-11)16(20)13-5-1-3-10-4-2-8-19-15(10)13/h2,4,6-9,13,16,20H,1,3,5H2. The van der Waals surface area contributed by atoms with Crippen LogP contribution in [0, 0.1) is 9.39 Å². The molecule has 2 aromatic rings. The molecule has 1 aromatic carbocycles. The van der Waals surface area contributed by atoms with Gasteiger partial charge in [-0.25, -0.2) is 4.39 Å². The Morgan fingerprint density at radius 2 is 2.20 bits per heavy atom. The Bertz CT molecular complexity index is 632. The molecule has 4 heteroatoms. The molecule has 1 aliphatic rings. The molecule has 2 atom stereocenters. The van der Waals surface area contributed by atoms with E-state index in [1.54, 1.807) is 12.3 Å². The van der Waals surface area contributed by atoms with Crippen LogP contribution in [0.1, 0.15) is 41.7 Å². The van der Waals surface area contributed by atoms with Gasteiger partial charge in [0.2, 0.25) is 0 Å². The van der Waals surface area contributed by atoms with Crippen molar-refractivity contribution in [1.29, 1.82) is 0 Å². The maximum atomic E-state index is 13.2. The number of rotatable bonds is 2. The van der Waals surface area contributed by atoms with Gasteiger partial charge in [0.05, 0.1) is 6.10 Å². The first-order chi connectivity index (χ1) is 9.66. The fourth-order valence-corrected chi connectivity index (χ4v) is 3.71. The zero-order valence-corrected chi connectivity index (χ0v) is 13.0. The molecule has 0 saturated carbocycles. The van der Waals surface area contributed by atoms with Gasteiger partial charge in [-0.15, -0.1) is 0 Å². The summed E-state index contributed by atoms with van der Waals surface area (Å²) in [5.41, 5.74) is 3.00. The highest BCUT2D eigenvalue weighted by Crippen LogP contribution is 2.40. The number of hydrogen-bond acceptors (Lipinski definition) is 2. The largest absolute Gasteiger partial charge is 0.388 e. The van der Waals surface area contributed by atoms with E-state index in [-0.39, 0.29) is 11.7 Å². The second kappa shape index (κ2) is 5.77. The van der Waals surface area contributed by atoms with Crippen molar-refractivity contribution in [3.05, 3.63) is 62.7 Å². The molecule has 0 fully saturated rings. The van der Waals surface area contributed by atoms with Crippen LogP contribution in [0.15, 0.2) is 36.5 Å². The van der Waals surface area contributed by atoms with Crippen molar-refractivity contribution < 1.29 is 9.50 Å². The van der Waals surface area contributed by atoms with E-state index in [2.05, 4.69) is 33.6 Å². The van der Waals surface area contributed by atoms with E-state index in [1.165, 1.54) is 17.7 Å². The normalized spacial score (nSPS) is 19.4. The molecule has 0 aliphatic heterocycles. The van der Waals surface area contributed by atoms with Gasteiger partial charge in [-0.2, -0.15) is 0 Å². The van der Waals surface area contributed by atoms with Crippen LogP contribution < -0.4 is 0 Å². The van der Waals surface area contributed by atoms with Gasteiger partial charge in [0, 0.05) is 21.4 Å². The number of fused-ring (bicyclic) bond motifs is 1. The van der Waals surface area contributed by atoms with Gasteiger partial charge in [0.1, 0.15) is 5.82 Å². The summed E-state index contributed by atoms with van der Waals surface area (Å²) < 4.78 is 14.0. The third kappa shape index (κ3) is 2.59. The quantitative estimate of drug-likeness (QED) is 0.796. The number of aliphatic hydroxyl groups excluding tert-OH is 1. The molecule has 2 nitrogen and oxygen atoms in total. The molecule has 20 heavy (non-hydrogen) atoms. The Morgan fingerprint density at radius 1 is 1.35 bits per heavy atom. The summed E-state index contributed by atoms with van der Waals surface area (Å²) in [6, 6.07) is 8.56. The molecule has 0 amide bonds. The minimum Gasteiger partial charge on any atom is -0.388 e. The molecule has 2 unspecified atom stereocenters. The van der Waals surface area contributed by atoms with Gasteiger partial charge in [-0.1, -0.05) is 12.1 Å². The summed E-state index contributed by atoms with van der Waals surface area (Å²) in [6.45, 7) is 0. The van der Waals surface area contributed by atoms with Gasteiger partial charge in [0.15, 0.2) is 0 Å². The van der Waals surface area contributed by atoms with Crippen LogP contribution in [0.25, 0.3) is 0 Å². The van der Waals surface area contributed by atoms with E-state index in [1.807, 2.05) is 6.07 Å². The Balaban J connectivity index is 1.97. The molecule has 1 aliphatic carbocycles. The zero-order valence-electron chi connectivity index (χ0n) is 10.9. The van der Waals surface area contributed by atoms with Gasteiger partial charge < -0.3 is 5.11 Å². The first kappa shape index (κ1) is 13.9. The van der Waals surface area contributed by atoms with Crippen LogP contribution in [-0.2, 0) is 6.42 Å². The molecule has 0 bridgehead atoms. The van der Waals surface area contributed by atoms with E-state index in [0.29, 0.717) is 0 Å². The lowest BCUT2D eigenvalue weighted by molar-refractivity contribution is 0.133. The Morgan fingerprint density at radius 3 is 3.00 bits per heavy atom. The van der Waals surface area contributed by atoms with E-state index in [4.69, 9.17) is 0 Å². The Kier molecular flexibility index (Phi) is 4.03. The predicted molar refractivity (Wildman–Crippen MR) is 84.0 cm³/mol. The topological polar surface area (TPSA) is 33.1 Å². The molecule has 0 radical (unpaired) electrons. The average molecular weight is 383 g/mol. The number of hydrogen-bond donors (Lipinski definition) is 1. The maximum absolute atomic E-state index is 13.2. The van der Waals surface area contributed by atoms with Gasteiger partial charge in [-0.3, -0.25) is 4.98 Å². The lowest BCUT2D eigenvalue weighted by atomic mass is 9.81. The monoisotopic (exact) mass is 383 g/mol. The van der Waals surface area contributed by atoms with Gasteiger partial charge >= 0.3 is 0 Å². The number of aromatic nitrogens is 1. The third-order valence-electron chi connectivity index (χ3n) is 3.90. The number of aliphatic hydroxyl groups is 1. The van der Waals surface area contributed by atoms with Crippen LogP contribution in [0.5, 0.6) is 0 Å². The molecule has 1 aromatic heterocycles. The van der Waals surface area contributed by atoms with Crippen molar-refractivity contribution in [3.8, 4) is 0 Å². The van der Waals surface area contributed by atoms with Crippen LogP contribution in [0.4, 0.5) is 4.39 Å². The summed E-state index contributed by atoms with van der Waals surface area (Å²) in [7, 11) is 0. The first-order valence-electron chi connectivity index (χ1n) is 6.73. The molecule has 104 valence electrons. The highest BCUT2D eigenvalue weighted by atomic mass is 127. The smallest absolute Gasteiger partial charge is 0.124 e. The number of nitrogens with zero attached hydrogens (tertiary/aromatic N) is 1. The fraction of sp³-hybridized carbons (Fsp3) is 0.312. The van der Waals surface area contributed by atoms with Crippen molar-refractivity contribution >= 4 is 22.6 Å². The molecular formula is C16H15FINO. The van der Waals surface area contributed by atoms with Crippen molar-refractivity contribution in [2.75, 3.05) is 0 Å². The van der Waals surface area contributed by atoms with Crippen LogP contribution >= 0.6 is 22.6 Å². The second-order valence-corrected chi connectivity index (χ2v) is 6.32. The van der Waals surface area contributed by atoms with Gasteiger partial charge in [-0.05, 0) is 71.2 Å². The SMILES string of the molecule is OC(c1ccc(F)cc1I)C1CCCc2cccnc21. The van der Waals surface area contributed by atoms with Crippen molar-refractivity contribution in [2.45, 2.75) is 31.3 Å². The highest BCUT2D eigenvalue weighted by Gasteiger charge is 2.29. The summed E-state index contributed by atoms with van der Waals surface area (Å²) in [4.78, 5) is 4.46. The summed E-state index contributed by atoms with van der Waals surface area (Å²) in [5.74, 6) is -0.272. The lowest BCUT2D eigenvalue weighted by Gasteiger charge is -2.29. The van der Waals surface area contributed by atoms with E-state index in [0.717, 1.165) is 34.1 Å². The predicted octanol–water partition coefficient (Wildman–Crippen LogP) is 3.98. The van der Waals surface area contributed by atoms with Crippen LogP contribution in [-0.4, -0.2) is 10.1 Å². The van der Waals surface area contributed by atoms with E-state index in [9.17, 15) is 9.50 Å². The lowest BCUT2D eigenvalue weighted by Crippen LogP contribution is -2.19. The Hall–Kier alpha value is -1.01. The van der Waals surface area contributed by atoms with Crippen LogP contribution in [0.3, 0.4) is 0 Å². The minimum atomic E-state index is -0.628. The fourth-order valence-electron chi connectivity index (χ4n) is 2.91. The molecule has 0 saturated heterocycles. The molecule has 0 spiro atoms. The average Bonchev–Trinajstić information content (AvgIpc) is 2.46. The first-order valence-corrected chi connectivity index (χ1v) is 7.81. The molecule has 3 rings (SSSR count). The second-order valence-electron chi connectivity index (χ2n) is 5.16. The summed E-state index contributed by atoms with van der Waals surface area (Å²) in [5, 5.41) is 10.7. The molecule has 1 N–H and O–H groups in total. The summed E-state index contributed by atoms with van der Waals surface area (Å²) >= 11 is 2.08. The molecular weight excluding hydrogens is 368 g/mol. The van der Waals surface area contributed by atoms with E-state index < -0.39 is 6.10 Å². The number of pyridine rings is 1. The molecule has 1 heterocycles. The van der Waals surface area contributed by atoms with Crippen LogP contribution in [0.2, 0.25) is 0 Å². The minimum absolute atomic E-state index is 0.000993.